The highest BCUT2D eigenvalue weighted by atomic mass is 16.3. The van der Waals surface area contributed by atoms with E-state index in [9.17, 15) is 0 Å². The zero-order valence-corrected chi connectivity index (χ0v) is 26.0. The quantitative estimate of drug-likeness (QED) is 0.176. The number of rotatable bonds is 4. The normalized spacial score (nSPS) is 14.5. The van der Waals surface area contributed by atoms with E-state index in [0.29, 0.717) is 16.7 Å². The van der Waals surface area contributed by atoms with Gasteiger partial charge in [0.1, 0.15) is 11.2 Å². The molecule has 0 atom stereocenters. The van der Waals surface area contributed by atoms with Gasteiger partial charge in [0.05, 0.1) is 13.7 Å². The molecule has 0 saturated carbocycles. The Labute approximate surface area is 298 Å². The van der Waals surface area contributed by atoms with Crippen LogP contribution in [0, 0.1) is 0 Å². The third-order valence-electron chi connectivity index (χ3n) is 9.39. The topological polar surface area (TPSA) is 13.1 Å². The molecular formula is C48H30O. The zero-order valence-electron chi connectivity index (χ0n) is 36.0. The molecule has 1 heteroatoms. The third kappa shape index (κ3) is 4.47. The first-order valence-corrected chi connectivity index (χ1v) is 16.0. The van der Waals surface area contributed by atoms with Gasteiger partial charge in [-0.2, -0.15) is 0 Å². The summed E-state index contributed by atoms with van der Waals surface area (Å²) < 4.78 is 91.8. The molecule has 10 rings (SSSR count). The van der Waals surface area contributed by atoms with Gasteiger partial charge in [-0.05, 0) is 107 Å². The average molecular weight is 633 g/mol. The molecule has 0 unspecified atom stereocenters. The van der Waals surface area contributed by atoms with Crippen molar-refractivity contribution >= 4 is 54.3 Å². The molecule has 0 aliphatic heterocycles. The predicted octanol–water partition coefficient (Wildman–Crippen LogP) is 13.7. The number of furan rings is 1. The summed E-state index contributed by atoms with van der Waals surface area (Å²) in [4.78, 5) is 0. The fourth-order valence-corrected chi connectivity index (χ4v) is 7.27. The monoisotopic (exact) mass is 632 g/mol. The molecule has 0 aliphatic rings. The molecule has 9 aromatic carbocycles. The van der Waals surface area contributed by atoms with Crippen LogP contribution in [0.5, 0.6) is 0 Å². The number of fused-ring (bicyclic) bond motifs is 6. The maximum absolute atomic E-state index is 8.86. The van der Waals surface area contributed by atoms with Crippen molar-refractivity contribution in [2.75, 3.05) is 0 Å². The second kappa shape index (κ2) is 11.1. The van der Waals surface area contributed by atoms with Crippen LogP contribution in [0.4, 0.5) is 0 Å². The second-order valence-electron chi connectivity index (χ2n) is 12.1. The summed E-state index contributed by atoms with van der Waals surface area (Å²) >= 11 is 0. The summed E-state index contributed by atoms with van der Waals surface area (Å²) in [6, 6.07) is 35.3. The van der Waals surface area contributed by atoms with Gasteiger partial charge < -0.3 is 4.42 Å². The van der Waals surface area contributed by atoms with Gasteiger partial charge in [0, 0.05) is 10.8 Å². The van der Waals surface area contributed by atoms with Crippen LogP contribution in [-0.2, 0) is 0 Å². The van der Waals surface area contributed by atoms with Gasteiger partial charge in [-0.15, -0.1) is 0 Å². The molecule has 0 saturated heterocycles. The second-order valence-corrected chi connectivity index (χ2v) is 12.1. The Hall–Kier alpha value is -6.44. The molecule has 0 aliphatic carbocycles. The Bertz CT molecular complexity index is 3400. The molecule has 49 heavy (non-hydrogen) atoms. The first-order valence-electron chi connectivity index (χ1n) is 21.0. The lowest BCUT2D eigenvalue weighted by Crippen LogP contribution is -1.92. The maximum atomic E-state index is 8.86. The molecule has 228 valence electrons. The molecule has 1 aromatic heterocycles. The van der Waals surface area contributed by atoms with Crippen molar-refractivity contribution in [2.45, 2.75) is 0 Å². The van der Waals surface area contributed by atoms with Crippen molar-refractivity contribution in [1.29, 1.82) is 0 Å². The molecular weight excluding hydrogens is 593 g/mol. The van der Waals surface area contributed by atoms with Gasteiger partial charge in [0.2, 0.25) is 0 Å². The molecule has 0 fully saturated rings. The third-order valence-corrected chi connectivity index (χ3v) is 9.39. The summed E-state index contributed by atoms with van der Waals surface area (Å²) in [7, 11) is 0. The van der Waals surface area contributed by atoms with Crippen LogP contribution in [-0.4, -0.2) is 0 Å². The molecule has 0 radical (unpaired) electrons. The van der Waals surface area contributed by atoms with Crippen LogP contribution < -0.4 is 0 Å². The number of hydrogen-bond acceptors (Lipinski definition) is 1. The van der Waals surface area contributed by atoms with Crippen molar-refractivity contribution < 1.29 is 18.1 Å². The molecule has 1 heterocycles. The Kier molecular flexibility index (Phi) is 4.39. The highest BCUT2D eigenvalue weighted by molar-refractivity contribution is 6.26. The summed E-state index contributed by atoms with van der Waals surface area (Å²) in [5.41, 5.74) is 5.77. The molecule has 0 bridgehead atoms. The number of benzene rings is 9. The van der Waals surface area contributed by atoms with E-state index in [0.717, 1.165) is 70.9 Å². The fraction of sp³-hybridized carbons (Fsp3) is 0. The lowest BCUT2D eigenvalue weighted by molar-refractivity contribution is 0.669. The maximum Gasteiger partial charge on any atom is 0.136 e. The van der Waals surface area contributed by atoms with Gasteiger partial charge in [0.25, 0.3) is 0 Å². The van der Waals surface area contributed by atoms with E-state index < -0.39 is 36.3 Å². The van der Waals surface area contributed by atoms with E-state index >= 15 is 0 Å². The first kappa shape index (κ1) is 19.4. The minimum atomic E-state index is -0.476. The minimum absolute atomic E-state index is 0.0706. The summed E-state index contributed by atoms with van der Waals surface area (Å²) in [5.74, 6) is 0. The van der Waals surface area contributed by atoms with Gasteiger partial charge >= 0.3 is 0 Å². The Morgan fingerprint density at radius 2 is 0.980 bits per heavy atom. The SMILES string of the molecule is [2H]c1c([2H])c([2H])c(-c2cccc(-c3c4ccccc4c(-c4cccc5oc6cc7ccccc7cc6c45)c4ccc(-c5c([2H])c([2H])c([2H])c([2H])c5[2H])cc34)c2)c([2H])c1[2H]. The first-order chi connectivity index (χ1) is 28.4. The van der Waals surface area contributed by atoms with Crippen LogP contribution in [0.25, 0.3) is 98.8 Å². The van der Waals surface area contributed by atoms with Crippen molar-refractivity contribution in [1.82, 2.24) is 0 Å². The van der Waals surface area contributed by atoms with Crippen molar-refractivity contribution in [3.05, 3.63) is 182 Å². The largest absolute Gasteiger partial charge is 0.456 e. The van der Waals surface area contributed by atoms with Crippen molar-refractivity contribution in [2.24, 2.45) is 0 Å². The predicted molar refractivity (Wildman–Crippen MR) is 208 cm³/mol. The van der Waals surface area contributed by atoms with E-state index in [1.54, 1.807) is 18.2 Å². The van der Waals surface area contributed by atoms with Gasteiger partial charge in [0.15, 0.2) is 0 Å². The van der Waals surface area contributed by atoms with E-state index in [2.05, 4.69) is 36.4 Å². The summed E-state index contributed by atoms with van der Waals surface area (Å²) in [6.07, 6.45) is 0. The van der Waals surface area contributed by atoms with Crippen molar-refractivity contribution in [3.63, 3.8) is 0 Å². The lowest BCUT2D eigenvalue weighted by Gasteiger charge is -2.19. The van der Waals surface area contributed by atoms with Crippen LogP contribution in [0.15, 0.2) is 186 Å². The van der Waals surface area contributed by atoms with E-state index in [4.69, 9.17) is 18.1 Å². The molecule has 1 nitrogen and oxygen atoms in total. The van der Waals surface area contributed by atoms with Gasteiger partial charge in [-0.3, -0.25) is 0 Å². The van der Waals surface area contributed by atoms with Gasteiger partial charge in [-0.1, -0.05) is 151 Å². The smallest absolute Gasteiger partial charge is 0.136 e. The molecule has 0 spiro atoms. The van der Waals surface area contributed by atoms with Crippen LogP contribution in [0.1, 0.15) is 13.7 Å². The van der Waals surface area contributed by atoms with E-state index in [-0.39, 0.29) is 35.3 Å². The Balaban J connectivity index is 1.35. The van der Waals surface area contributed by atoms with Gasteiger partial charge in [-0.25, -0.2) is 0 Å². The van der Waals surface area contributed by atoms with Crippen LogP contribution in [0.3, 0.4) is 0 Å². The summed E-state index contributed by atoms with van der Waals surface area (Å²) in [5, 5.41) is 7.34. The highest BCUT2D eigenvalue weighted by Crippen LogP contribution is 2.48. The zero-order chi connectivity index (χ0) is 41.0. The van der Waals surface area contributed by atoms with Crippen molar-refractivity contribution in [3.8, 4) is 44.5 Å². The number of hydrogen-bond donors (Lipinski definition) is 0. The lowest BCUT2D eigenvalue weighted by atomic mass is 9.83. The Morgan fingerprint density at radius 1 is 0.367 bits per heavy atom. The van der Waals surface area contributed by atoms with E-state index in [1.165, 1.54) is 0 Å². The highest BCUT2D eigenvalue weighted by Gasteiger charge is 2.21. The minimum Gasteiger partial charge on any atom is -0.456 e. The van der Waals surface area contributed by atoms with Crippen LogP contribution in [0.2, 0.25) is 0 Å². The molecule has 10 aromatic rings. The molecule has 0 N–H and O–H groups in total. The van der Waals surface area contributed by atoms with E-state index in [1.807, 2.05) is 66.7 Å². The molecule has 0 amide bonds. The van der Waals surface area contributed by atoms with Crippen LogP contribution >= 0.6 is 0 Å². The summed E-state index contributed by atoms with van der Waals surface area (Å²) in [6.45, 7) is 0. The fourth-order valence-electron chi connectivity index (χ4n) is 7.27. The standard InChI is InChI=1S/C48H30O/c1-3-13-31(14-4-1)33-19-11-20-37(27-33)46-38-21-9-10-22-39(38)47(40-26-25-36(28-42(40)46)32-15-5-2-6-16-32)41-23-12-24-44-48(41)43-29-34-17-7-8-18-35(34)30-45(43)49-44/h1-30H/i1D,2D,3D,4D,5D,6D,13D,14D,15D,16D. The Morgan fingerprint density at radius 3 is 1.73 bits per heavy atom. The average Bonchev–Trinajstić information content (AvgIpc) is 3.62.